The first-order valence-corrected chi connectivity index (χ1v) is 9.67. The summed E-state index contributed by atoms with van der Waals surface area (Å²) in [4.78, 5) is 4.06. The number of pyridine rings is 1. The molecule has 0 spiro atoms. The van der Waals surface area contributed by atoms with E-state index in [9.17, 15) is 0 Å². The zero-order chi connectivity index (χ0) is 17.9. The maximum atomic E-state index is 6.32. The Balaban J connectivity index is 1.55. The first-order chi connectivity index (χ1) is 12.8. The number of rotatable bonds is 5. The molecule has 0 amide bonds. The van der Waals surface area contributed by atoms with Crippen LogP contribution >= 0.6 is 23.4 Å². The third-order valence-electron chi connectivity index (χ3n) is 4.00. The van der Waals surface area contributed by atoms with Crippen LogP contribution in [0.1, 0.15) is 12.5 Å². The van der Waals surface area contributed by atoms with Crippen LogP contribution in [-0.4, -0.2) is 33.0 Å². The minimum absolute atomic E-state index is 0.526. The average molecular weight is 389 g/mol. The van der Waals surface area contributed by atoms with Crippen LogP contribution in [-0.2, 0) is 12.3 Å². The van der Waals surface area contributed by atoms with Crippen molar-refractivity contribution in [2.75, 3.05) is 13.2 Å². The number of ether oxygens (including phenoxy) is 2. The third-order valence-corrected chi connectivity index (χ3v) is 5.31. The van der Waals surface area contributed by atoms with E-state index in [0.717, 1.165) is 28.7 Å². The van der Waals surface area contributed by atoms with Gasteiger partial charge in [0.15, 0.2) is 22.5 Å². The van der Waals surface area contributed by atoms with Gasteiger partial charge >= 0.3 is 0 Å². The van der Waals surface area contributed by atoms with E-state index in [2.05, 4.69) is 26.7 Å². The fourth-order valence-corrected chi connectivity index (χ4v) is 4.01. The second kappa shape index (κ2) is 7.55. The fraction of sp³-hybridized carbons (Fsp3) is 0.278. The van der Waals surface area contributed by atoms with Crippen LogP contribution in [0.2, 0.25) is 5.02 Å². The molecule has 1 aromatic carbocycles. The maximum Gasteiger partial charge on any atom is 0.191 e. The lowest BCUT2D eigenvalue weighted by atomic mass is 10.2. The van der Waals surface area contributed by atoms with E-state index in [4.69, 9.17) is 21.1 Å². The van der Waals surface area contributed by atoms with E-state index < -0.39 is 0 Å². The third kappa shape index (κ3) is 3.37. The van der Waals surface area contributed by atoms with Crippen molar-refractivity contribution < 1.29 is 9.47 Å². The van der Waals surface area contributed by atoms with Crippen LogP contribution < -0.4 is 9.47 Å². The molecule has 1 aliphatic rings. The van der Waals surface area contributed by atoms with Crippen molar-refractivity contribution in [3.8, 4) is 22.9 Å². The van der Waals surface area contributed by atoms with E-state index in [1.54, 1.807) is 24.2 Å². The van der Waals surface area contributed by atoms with Crippen molar-refractivity contribution >= 4 is 23.4 Å². The van der Waals surface area contributed by atoms with Gasteiger partial charge in [-0.25, -0.2) is 0 Å². The molecule has 8 heteroatoms. The Morgan fingerprint density at radius 2 is 1.96 bits per heavy atom. The molecule has 134 valence electrons. The van der Waals surface area contributed by atoms with Crippen LogP contribution in [0.3, 0.4) is 0 Å². The zero-order valence-corrected chi connectivity index (χ0v) is 15.8. The Bertz CT molecular complexity index is 917. The number of aromatic nitrogens is 4. The molecule has 0 aliphatic carbocycles. The first-order valence-electron chi connectivity index (χ1n) is 8.30. The second-order valence-electron chi connectivity index (χ2n) is 5.68. The molecule has 0 atom stereocenters. The van der Waals surface area contributed by atoms with E-state index >= 15 is 0 Å². The molecule has 2 aromatic heterocycles. The Morgan fingerprint density at radius 3 is 2.77 bits per heavy atom. The van der Waals surface area contributed by atoms with Gasteiger partial charge in [-0.05, 0) is 36.8 Å². The summed E-state index contributed by atoms with van der Waals surface area (Å²) in [7, 11) is 0. The second-order valence-corrected chi connectivity index (χ2v) is 7.03. The quantitative estimate of drug-likeness (QED) is 0.614. The number of halogens is 1. The fourth-order valence-electron chi connectivity index (χ4n) is 2.79. The van der Waals surface area contributed by atoms with Gasteiger partial charge in [-0.3, -0.25) is 4.98 Å². The molecule has 0 saturated carbocycles. The van der Waals surface area contributed by atoms with Gasteiger partial charge in [-0.1, -0.05) is 23.4 Å². The first kappa shape index (κ1) is 17.2. The molecule has 0 bridgehead atoms. The summed E-state index contributed by atoms with van der Waals surface area (Å²) < 4.78 is 13.3. The summed E-state index contributed by atoms with van der Waals surface area (Å²) in [6.07, 6.45) is 3.52. The zero-order valence-electron chi connectivity index (χ0n) is 14.2. The van der Waals surface area contributed by atoms with E-state index in [0.29, 0.717) is 35.5 Å². The van der Waals surface area contributed by atoms with E-state index in [-0.39, 0.29) is 0 Å². The molecule has 1 aliphatic heterocycles. The van der Waals surface area contributed by atoms with Crippen LogP contribution in [0, 0.1) is 0 Å². The standard InChI is InChI=1S/C18H17ClN4O2S/c1-2-23-17(13-3-5-20-6-4-13)21-22-18(23)26-11-12-9-14(19)16-15(10-12)24-7-8-25-16/h3-6,9-10H,2,7-8,11H2,1H3. The van der Waals surface area contributed by atoms with Gasteiger partial charge in [0.25, 0.3) is 0 Å². The molecule has 3 aromatic rings. The highest BCUT2D eigenvalue weighted by atomic mass is 35.5. The molecule has 0 radical (unpaired) electrons. The predicted molar refractivity (Wildman–Crippen MR) is 101 cm³/mol. The summed E-state index contributed by atoms with van der Waals surface area (Å²) in [6, 6.07) is 7.76. The number of nitrogens with zero attached hydrogens (tertiary/aromatic N) is 4. The lowest BCUT2D eigenvalue weighted by molar-refractivity contribution is 0.171. The Labute approximate surface area is 160 Å². The Morgan fingerprint density at radius 1 is 1.15 bits per heavy atom. The van der Waals surface area contributed by atoms with Crippen molar-refractivity contribution in [2.24, 2.45) is 0 Å². The van der Waals surface area contributed by atoms with Gasteiger partial charge in [0.05, 0.1) is 5.02 Å². The number of hydrogen-bond donors (Lipinski definition) is 0. The van der Waals surface area contributed by atoms with Crippen LogP contribution in [0.5, 0.6) is 11.5 Å². The van der Waals surface area contributed by atoms with Gasteiger partial charge < -0.3 is 14.0 Å². The van der Waals surface area contributed by atoms with Crippen LogP contribution in [0.25, 0.3) is 11.4 Å². The molecule has 0 fully saturated rings. The SMILES string of the molecule is CCn1c(SCc2cc(Cl)c3c(c2)OCCO3)nnc1-c1ccncc1. The lowest BCUT2D eigenvalue weighted by Gasteiger charge is -2.20. The van der Waals surface area contributed by atoms with Gasteiger partial charge in [0.2, 0.25) is 0 Å². The van der Waals surface area contributed by atoms with Gasteiger partial charge in [-0.2, -0.15) is 0 Å². The summed E-state index contributed by atoms with van der Waals surface area (Å²) in [6.45, 7) is 3.94. The monoisotopic (exact) mass is 388 g/mol. The van der Waals surface area contributed by atoms with Crippen molar-refractivity contribution in [3.05, 3.63) is 47.2 Å². The summed E-state index contributed by atoms with van der Waals surface area (Å²) in [5.41, 5.74) is 2.06. The number of thioether (sulfide) groups is 1. The highest BCUT2D eigenvalue weighted by Crippen LogP contribution is 2.39. The molecular formula is C18H17ClN4O2S. The van der Waals surface area contributed by atoms with Crippen molar-refractivity contribution in [1.29, 1.82) is 0 Å². The summed E-state index contributed by atoms with van der Waals surface area (Å²) in [5, 5.41) is 10.1. The number of benzene rings is 1. The smallest absolute Gasteiger partial charge is 0.191 e. The molecular weight excluding hydrogens is 372 g/mol. The molecule has 0 N–H and O–H groups in total. The summed E-state index contributed by atoms with van der Waals surface area (Å²) >= 11 is 7.94. The molecule has 6 nitrogen and oxygen atoms in total. The average Bonchev–Trinajstić information content (AvgIpc) is 3.10. The van der Waals surface area contributed by atoms with E-state index in [1.165, 1.54) is 0 Å². The minimum atomic E-state index is 0.526. The Hall–Kier alpha value is -2.25. The van der Waals surface area contributed by atoms with Crippen LogP contribution in [0.4, 0.5) is 0 Å². The van der Waals surface area contributed by atoms with Gasteiger partial charge in [0.1, 0.15) is 13.2 Å². The molecule has 4 rings (SSSR count). The maximum absolute atomic E-state index is 6.32. The van der Waals surface area contributed by atoms with Crippen molar-refractivity contribution in [2.45, 2.75) is 24.4 Å². The van der Waals surface area contributed by atoms with E-state index in [1.807, 2.05) is 24.3 Å². The topological polar surface area (TPSA) is 62.1 Å². The predicted octanol–water partition coefficient (Wildman–Crippen LogP) is 4.08. The molecule has 26 heavy (non-hydrogen) atoms. The van der Waals surface area contributed by atoms with Crippen molar-refractivity contribution in [1.82, 2.24) is 19.7 Å². The number of hydrogen-bond acceptors (Lipinski definition) is 6. The van der Waals surface area contributed by atoms with Gasteiger partial charge in [0, 0.05) is 30.3 Å². The largest absolute Gasteiger partial charge is 0.486 e. The van der Waals surface area contributed by atoms with Crippen molar-refractivity contribution in [3.63, 3.8) is 0 Å². The Kier molecular flexibility index (Phi) is 4.99. The lowest BCUT2D eigenvalue weighted by Crippen LogP contribution is -2.15. The normalized spacial score (nSPS) is 13.0. The highest BCUT2D eigenvalue weighted by molar-refractivity contribution is 7.98. The van der Waals surface area contributed by atoms with Crippen LogP contribution in [0.15, 0.2) is 41.8 Å². The molecule has 0 unspecified atom stereocenters. The minimum Gasteiger partial charge on any atom is -0.486 e. The molecule has 0 saturated heterocycles. The number of fused-ring (bicyclic) bond motifs is 1. The van der Waals surface area contributed by atoms with Gasteiger partial charge in [-0.15, -0.1) is 10.2 Å². The summed E-state index contributed by atoms with van der Waals surface area (Å²) in [5.74, 6) is 2.89. The highest BCUT2D eigenvalue weighted by Gasteiger charge is 2.18. The molecule has 3 heterocycles.